The van der Waals surface area contributed by atoms with Crippen LogP contribution < -0.4 is 4.74 Å². The predicted molar refractivity (Wildman–Crippen MR) is 125 cm³/mol. The minimum Gasteiger partial charge on any atom is -0.504 e. The Hall–Kier alpha value is -2.97. The lowest BCUT2D eigenvalue weighted by molar-refractivity contribution is -0.196. The van der Waals surface area contributed by atoms with E-state index in [2.05, 4.69) is 4.90 Å². The first-order valence-corrected chi connectivity index (χ1v) is 13.0. The van der Waals surface area contributed by atoms with Crippen LogP contribution in [0, 0.1) is 11.7 Å². The molecular weight excluding hydrogens is 463 g/mol. The first-order valence-electron chi connectivity index (χ1n) is 13.0. The number of aromatic hydroxyl groups is 1. The highest BCUT2D eigenvalue weighted by Gasteiger charge is 2.74. The molecular formula is C28H27FN2O5. The number of piperidine rings is 1. The van der Waals surface area contributed by atoms with Crippen LogP contribution in [0.15, 0.2) is 30.3 Å². The number of amides is 2. The van der Waals surface area contributed by atoms with Crippen molar-refractivity contribution < 1.29 is 28.9 Å². The fraction of sp³-hybridized carbons (Fsp3) is 0.500. The Kier molecular flexibility index (Phi) is 3.91. The van der Waals surface area contributed by atoms with Crippen molar-refractivity contribution in [3.05, 3.63) is 58.4 Å². The molecule has 0 radical (unpaired) electrons. The Morgan fingerprint density at radius 3 is 2.67 bits per heavy atom. The number of hydrogen-bond donors (Lipinski definition) is 2. The number of phenols is 1. The van der Waals surface area contributed by atoms with Crippen molar-refractivity contribution in [1.29, 1.82) is 0 Å². The van der Waals surface area contributed by atoms with Crippen LogP contribution in [0.25, 0.3) is 0 Å². The summed E-state index contributed by atoms with van der Waals surface area (Å²) in [5, 5.41) is 23.4. The van der Waals surface area contributed by atoms with Gasteiger partial charge in [0.1, 0.15) is 11.9 Å². The number of rotatable bonds is 3. The second kappa shape index (κ2) is 6.66. The lowest BCUT2D eigenvalue weighted by Gasteiger charge is -2.64. The number of hydrogen-bond acceptors (Lipinski definition) is 6. The highest BCUT2D eigenvalue weighted by atomic mass is 19.1. The third-order valence-corrected chi connectivity index (χ3v) is 9.94. The van der Waals surface area contributed by atoms with Gasteiger partial charge in [0.25, 0.3) is 11.8 Å². The zero-order valence-electron chi connectivity index (χ0n) is 19.7. The first kappa shape index (κ1) is 21.1. The molecule has 2 aromatic rings. The molecule has 2 amide bonds. The van der Waals surface area contributed by atoms with Crippen LogP contribution in [-0.4, -0.2) is 68.7 Å². The fourth-order valence-corrected chi connectivity index (χ4v) is 8.25. The van der Waals surface area contributed by atoms with Gasteiger partial charge in [-0.2, -0.15) is 0 Å². The quantitative estimate of drug-likeness (QED) is 0.644. The van der Waals surface area contributed by atoms with Gasteiger partial charge in [0.05, 0.1) is 28.2 Å². The largest absolute Gasteiger partial charge is 0.504 e. The number of ether oxygens (including phenoxy) is 1. The SMILES string of the molecule is O=C1c2ccc(F)cc2C(=O)N1[C@@H]1CC[C@@]2(O)[C@H]3Cc4ccc(O)c5c4[C@@]2(CCN3CC2CC2)[C@H]1O5. The lowest BCUT2D eigenvalue weighted by Crippen LogP contribution is -2.78. The molecule has 2 aromatic carbocycles. The van der Waals surface area contributed by atoms with E-state index in [1.165, 1.54) is 29.9 Å². The number of benzene rings is 2. The minimum atomic E-state index is -1.10. The van der Waals surface area contributed by atoms with E-state index in [1.807, 2.05) is 6.07 Å². The molecule has 2 bridgehead atoms. The summed E-state index contributed by atoms with van der Waals surface area (Å²) in [6, 6.07) is 6.54. The molecule has 1 spiro atoms. The van der Waals surface area contributed by atoms with Gasteiger partial charge in [0.15, 0.2) is 11.5 Å². The third kappa shape index (κ3) is 2.35. The second-order valence-corrected chi connectivity index (χ2v) is 11.6. The molecule has 3 heterocycles. The highest BCUT2D eigenvalue weighted by Crippen LogP contribution is 2.66. The monoisotopic (exact) mass is 490 g/mol. The molecule has 2 N–H and O–H groups in total. The number of likely N-dealkylation sites (tertiary alicyclic amines) is 1. The van der Waals surface area contributed by atoms with Crippen LogP contribution in [-0.2, 0) is 11.8 Å². The summed E-state index contributed by atoms with van der Waals surface area (Å²) in [4.78, 5) is 30.6. The van der Waals surface area contributed by atoms with Crippen LogP contribution >= 0.6 is 0 Å². The number of fused-ring (bicyclic) bond motifs is 1. The average Bonchev–Trinajstić information content (AvgIpc) is 3.55. The summed E-state index contributed by atoms with van der Waals surface area (Å²) in [7, 11) is 0. The highest BCUT2D eigenvalue weighted by molar-refractivity contribution is 6.21. The standard InChI is InChI=1S/C28H27FN2O5/c29-16-4-5-17-18(12-16)26(34)31(25(17)33)19-7-8-28(35)21-11-15-3-6-20(32)23-22(15)27(28,24(19)36-23)9-10-30(21)13-14-1-2-14/h3-6,12,14,19,21,24,32,35H,1-2,7-11,13H2/t19-,21-,24+,27+,28-/m1/s1. The number of phenolic OH excluding ortho intramolecular Hbond substituents is 1. The van der Waals surface area contributed by atoms with Crippen LogP contribution in [0.2, 0.25) is 0 Å². The van der Waals surface area contributed by atoms with Crippen molar-refractivity contribution in [2.24, 2.45) is 5.92 Å². The van der Waals surface area contributed by atoms with Crippen LogP contribution in [0.4, 0.5) is 4.39 Å². The molecule has 0 aromatic heterocycles. The molecule has 0 unspecified atom stereocenters. The molecule has 3 aliphatic carbocycles. The Labute approximate surface area is 207 Å². The lowest BCUT2D eigenvalue weighted by atomic mass is 9.48. The van der Waals surface area contributed by atoms with Crippen molar-refractivity contribution >= 4 is 11.8 Å². The zero-order chi connectivity index (χ0) is 24.6. The molecule has 8 heteroatoms. The van der Waals surface area contributed by atoms with Crippen molar-refractivity contribution in [2.45, 2.75) is 67.7 Å². The number of carbonyl (C=O) groups excluding carboxylic acids is 2. The third-order valence-electron chi connectivity index (χ3n) is 9.94. The zero-order valence-corrected chi connectivity index (χ0v) is 19.7. The maximum absolute atomic E-state index is 13.9. The summed E-state index contributed by atoms with van der Waals surface area (Å²) in [5.41, 5.74) is 0.244. The van der Waals surface area contributed by atoms with E-state index in [-0.39, 0.29) is 22.9 Å². The molecule has 2 saturated carbocycles. The molecule has 8 rings (SSSR count). The van der Waals surface area contributed by atoms with E-state index >= 15 is 0 Å². The summed E-state index contributed by atoms with van der Waals surface area (Å²) >= 11 is 0. The Morgan fingerprint density at radius 1 is 1.06 bits per heavy atom. The molecule has 3 fully saturated rings. The Morgan fingerprint density at radius 2 is 1.86 bits per heavy atom. The van der Waals surface area contributed by atoms with Crippen molar-refractivity contribution in [3.8, 4) is 11.5 Å². The van der Waals surface area contributed by atoms with Crippen LogP contribution in [0.5, 0.6) is 11.5 Å². The van der Waals surface area contributed by atoms with Gasteiger partial charge in [-0.25, -0.2) is 4.39 Å². The summed E-state index contributed by atoms with van der Waals surface area (Å²) in [6.45, 7) is 1.76. The van der Waals surface area contributed by atoms with Gasteiger partial charge in [0, 0.05) is 18.2 Å². The normalized spacial score (nSPS) is 36.1. The van der Waals surface area contributed by atoms with E-state index in [1.54, 1.807) is 6.07 Å². The number of carbonyl (C=O) groups is 2. The maximum atomic E-state index is 13.9. The van der Waals surface area contributed by atoms with Gasteiger partial charge in [0.2, 0.25) is 0 Å². The van der Waals surface area contributed by atoms with Gasteiger partial charge in [-0.15, -0.1) is 0 Å². The smallest absolute Gasteiger partial charge is 0.262 e. The Bertz CT molecular complexity index is 1370. The molecule has 7 nitrogen and oxygen atoms in total. The topological polar surface area (TPSA) is 90.3 Å². The number of nitrogens with zero attached hydrogens (tertiary/aromatic N) is 2. The van der Waals surface area contributed by atoms with Gasteiger partial charge in [-0.1, -0.05) is 6.07 Å². The van der Waals surface area contributed by atoms with E-state index in [9.17, 15) is 24.2 Å². The van der Waals surface area contributed by atoms with E-state index in [4.69, 9.17) is 4.74 Å². The van der Waals surface area contributed by atoms with Gasteiger partial charge in [-0.05, 0) is 80.8 Å². The molecule has 5 atom stereocenters. The average molecular weight is 491 g/mol. The molecule has 186 valence electrons. The van der Waals surface area contributed by atoms with E-state index < -0.39 is 40.8 Å². The van der Waals surface area contributed by atoms with Crippen LogP contribution in [0.1, 0.15) is 63.9 Å². The summed E-state index contributed by atoms with van der Waals surface area (Å²) in [6.07, 6.45) is 3.88. The summed E-state index contributed by atoms with van der Waals surface area (Å²) in [5.74, 6) is -0.467. The van der Waals surface area contributed by atoms with Gasteiger partial charge < -0.3 is 14.9 Å². The molecule has 36 heavy (non-hydrogen) atoms. The first-order chi connectivity index (χ1) is 17.3. The van der Waals surface area contributed by atoms with Crippen LogP contribution in [0.3, 0.4) is 0 Å². The van der Waals surface area contributed by atoms with Crippen molar-refractivity contribution in [3.63, 3.8) is 0 Å². The number of halogens is 1. The predicted octanol–water partition coefficient (Wildman–Crippen LogP) is 2.76. The van der Waals surface area contributed by atoms with E-state index in [0.717, 1.165) is 30.3 Å². The van der Waals surface area contributed by atoms with Gasteiger partial charge in [-0.3, -0.25) is 19.4 Å². The molecule has 3 aliphatic heterocycles. The second-order valence-electron chi connectivity index (χ2n) is 11.6. The van der Waals surface area contributed by atoms with Crippen molar-refractivity contribution in [1.82, 2.24) is 9.80 Å². The fourth-order valence-electron chi connectivity index (χ4n) is 8.25. The number of imide groups is 1. The van der Waals surface area contributed by atoms with E-state index in [0.29, 0.717) is 37.4 Å². The maximum Gasteiger partial charge on any atom is 0.262 e. The molecule has 1 saturated heterocycles. The minimum absolute atomic E-state index is 0.0157. The van der Waals surface area contributed by atoms with Gasteiger partial charge >= 0.3 is 0 Å². The Balaban J connectivity index is 1.27. The molecule has 6 aliphatic rings. The summed E-state index contributed by atoms with van der Waals surface area (Å²) < 4.78 is 20.4. The number of aliphatic hydroxyl groups is 1. The van der Waals surface area contributed by atoms with Crippen molar-refractivity contribution in [2.75, 3.05) is 13.1 Å².